The molecule has 1 saturated heterocycles. The predicted octanol–water partition coefficient (Wildman–Crippen LogP) is 2.99. The molecule has 0 aromatic heterocycles. The topological polar surface area (TPSA) is 46.6 Å². The zero-order valence-corrected chi connectivity index (χ0v) is 13.7. The molecule has 0 N–H and O–H groups in total. The first-order valence-corrected chi connectivity index (χ1v) is 7.98. The first-order chi connectivity index (χ1) is 10.0. The Morgan fingerprint density at radius 1 is 1.24 bits per heavy atom. The molecule has 112 valence electrons. The molecule has 4 nitrogen and oxygen atoms in total. The average molecular weight is 352 g/mol. The molecule has 0 bridgehead atoms. The fourth-order valence-electron chi connectivity index (χ4n) is 3.49. The largest absolute Gasteiger partial charge is 0.496 e. The zero-order chi connectivity index (χ0) is 15.1. The third kappa shape index (κ3) is 2.48. The van der Waals surface area contributed by atoms with Crippen LogP contribution in [0.3, 0.4) is 0 Å². The second-order valence-corrected chi connectivity index (χ2v) is 6.88. The highest BCUT2D eigenvalue weighted by Gasteiger charge is 2.51. The van der Waals surface area contributed by atoms with E-state index in [1.54, 1.807) is 7.11 Å². The van der Waals surface area contributed by atoms with E-state index in [0.29, 0.717) is 12.5 Å². The van der Waals surface area contributed by atoms with Crippen molar-refractivity contribution in [2.45, 2.75) is 26.3 Å². The van der Waals surface area contributed by atoms with Gasteiger partial charge in [0.1, 0.15) is 5.75 Å². The lowest BCUT2D eigenvalue weighted by Crippen LogP contribution is -2.31. The van der Waals surface area contributed by atoms with Gasteiger partial charge in [0.15, 0.2) is 0 Å². The van der Waals surface area contributed by atoms with E-state index in [-0.39, 0.29) is 23.7 Å². The molecule has 5 heteroatoms. The van der Waals surface area contributed by atoms with Gasteiger partial charge in [-0.05, 0) is 52.4 Å². The van der Waals surface area contributed by atoms with Gasteiger partial charge in [-0.25, -0.2) is 0 Å². The molecular formula is C16H18BrNO3. The van der Waals surface area contributed by atoms with E-state index < -0.39 is 0 Å². The summed E-state index contributed by atoms with van der Waals surface area (Å²) in [6.45, 7) is 2.46. The van der Waals surface area contributed by atoms with Gasteiger partial charge in [-0.1, -0.05) is 13.0 Å². The molecule has 2 atom stereocenters. The molecule has 3 rings (SSSR count). The van der Waals surface area contributed by atoms with Gasteiger partial charge in [0.2, 0.25) is 11.8 Å². The van der Waals surface area contributed by atoms with Gasteiger partial charge in [0.25, 0.3) is 0 Å². The molecule has 1 aromatic rings. The number of carbonyl (C=O) groups is 2. The maximum atomic E-state index is 12.4. The molecule has 0 radical (unpaired) electrons. The molecule has 1 aliphatic carbocycles. The molecular weight excluding hydrogens is 334 g/mol. The van der Waals surface area contributed by atoms with Crippen LogP contribution in [-0.4, -0.2) is 23.8 Å². The number of hydrogen-bond acceptors (Lipinski definition) is 3. The highest BCUT2D eigenvalue weighted by Crippen LogP contribution is 2.43. The average Bonchev–Trinajstić information content (AvgIpc) is 2.93. The highest BCUT2D eigenvalue weighted by molar-refractivity contribution is 9.10. The Hall–Kier alpha value is -1.36. The van der Waals surface area contributed by atoms with Crippen molar-refractivity contribution in [2.75, 3.05) is 7.11 Å². The molecule has 1 heterocycles. The van der Waals surface area contributed by atoms with Crippen molar-refractivity contribution < 1.29 is 14.3 Å². The summed E-state index contributed by atoms with van der Waals surface area (Å²) in [5.41, 5.74) is 0.928. The maximum absolute atomic E-state index is 12.4. The van der Waals surface area contributed by atoms with Crippen LogP contribution in [0.15, 0.2) is 22.7 Å². The second kappa shape index (κ2) is 5.44. The fraction of sp³-hybridized carbons (Fsp3) is 0.500. The third-order valence-corrected chi connectivity index (χ3v) is 5.14. The van der Waals surface area contributed by atoms with Gasteiger partial charge in [-0.3, -0.25) is 14.5 Å². The van der Waals surface area contributed by atoms with Gasteiger partial charge in [-0.15, -0.1) is 0 Å². The summed E-state index contributed by atoms with van der Waals surface area (Å²) in [6, 6.07) is 5.63. The normalized spacial score (nSPS) is 28.1. The van der Waals surface area contributed by atoms with Gasteiger partial charge in [-0.2, -0.15) is 0 Å². The van der Waals surface area contributed by atoms with Crippen molar-refractivity contribution in [2.24, 2.45) is 17.8 Å². The minimum Gasteiger partial charge on any atom is -0.496 e. The summed E-state index contributed by atoms with van der Waals surface area (Å²) < 4.78 is 6.02. The zero-order valence-electron chi connectivity index (χ0n) is 12.1. The number of benzene rings is 1. The van der Waals surface area contributed by atoms with Gasteiger partial charge in [0, 0.05) is 0 Å². The number of likely N-dealkylation sites (tertiary alicyclic amines) is 1. The number of ether oxygens (including phenoxy) is 1. The smallest absolute Gasteiger partial charge is 0.233 e. The van der Waals surface area contributed by atoms with Crippen LogP contribution in [0.2, 0.25) is 0 Å². The summed E-state index contributed by atoms with van der Waals surface area (Å²) >= 11 is 3.43. The highest BCUT2D eigenvalue weighted by atomic mass is 79.9. The SMILES string of the molecule is COc1ccc(CN2C(=O)C3CC(C)CC3C2=O)cc1Br. The predicted molar refractivity (Wildman–Crippen MR) is 81.6 cm³/mol. The van der Waals surface area contributed by atoms with E-state index in [9.17, 15) is 9.59 Å². The lowest BCUT2D eigenvalue weighted by Gasteiger charge is -2.17. The Morgan fingerprint density at radius 2 is 1.86 bits per heavy atom. The van der Waals surface area contributed by atoms with Gasteiger partial charge in [0.05, 0.1) is 30.0 Å². The lowest BCUT2D eigenvalue weighted by molar-refractivity contribution is -0.141. The van der Waals surface area contributed by atoms with Crippen molar-refractivity contribution in [3.8, 4) is 5.75 Å². The van der Waals surface area contributed by atoms with E-state index in [0.717, 1.165) is 28.6 Å². The van der Waals surface area contributed by atoms with Crippen LogP contribution in [0, 0.1) is 17.8 Å². The van der Waals surface area contributed by atoms with Crippen molar-refractivity contribution >= 4 is 27.7 Å². The van der Waals surface area contributed by atoms with Crippen molar-refractivity contribution in [3.05, 3.63) is 28.2 Å². The first-order valence-electron chi connectivity index (χ1n) is 7.19. The molecule has 0 spiro atoms. The second-order valence-electron chi connectivity index (χ2n) is 6.02. The Labute approximate surface area is 132 Å². The first kappa shape index (κ1) is 14.6. The molecule has 2 fully saturated rings. The summed E-state index contributed by atoms with van der Waals surface area (Å²) in [4.78, 5) is 26.3. The van der Waals surface area contributed by atoms with Crippen molar-refractivity contribution in [1.29, 1.82) is 0 Å². The molecule has 2 unspecified atom stereocenters. The molecule has 1 aliphatic heterocycles. The summed E-state index contributed by atoms with van der Waals surface area (Å²) in [6.07, 6.45) is 1.69. The molecule has 2 amide bonds. The third-order valence-electron chi connectivity index (χ3n) is 4.52. The number of imide groups is 1. The monoisotopic (exact) mass is 351 g/mol. The summed E-state index contributed by atoms with van der Waals surface area (Å²) in [7, 11) is 1.61. The Balaban J connectivity index is 1.78. The number of rotatable bonds is 3. The number of halogens is 1. The summed E-state index contributed by atoms with van der Waals surface area (Å²) in [5, 5.41) is 0. The quantitative estimate of drug-likeness (QED) is 0.786. The van der Waals surface area contributed by atoms with E-state index in [1.165, 1.54) is 4.90 Å². The van der Waals surface area contributed by atoms with Crippen LogP contribution in [0.4, 0.5) is 0 Å². The van der Waals surface area contributed by atoms with Crippen LogP contribution < -0.4 is 4.74 Å². The number of carbonyl (C=O) groups excluding carboxylic acids is 2. The Bertz CT molecular complexity index is 577. The molecule has 21 heavy (non-hydrogen) atoms. The minimum absolute atomic E-state index is 0.00119. The number of methoxy groups -OCH3 is 1. The molecule has 1 saturated carbocycles. The number of amides is 2. The Morgan fingerprint density at radius 3 is 2.38 bits per heavy atom. The molecule has 1 aromatic carbocycles. The Kier molecular flexibility index (Phi) is 3.78. The van der Waals surface area contributed by atoms with Gasteiger partial charge >= 0.3 is 0 Å². The van der Waals surface area contributed by atoms with Gasteiger partial charge < -0.3 is 4.74 Å². The van der Waals surface area contributed by atoms with E-state index in [2.05, 4.69) is 22.9 Å². The standard InChI is InChI=1S/C16H18BrNO3/c1-9-5-11-12(6-9)16(20)18(15(11)19)8-10-3-4-14(21-2)13(17)7-10/h3-4,7,9,11-12H,5-6,8H2,1-2H3. The van der Waals surface area contributed by atoms with E-state index >= 15 is 0 Å². The van der Waals surface area contributed by atoms with Crippen LogP contribution in [0.5, 0.6) is 5.75 Å². The van der Waals surface area contributed by atoms with Crippen LogP contribution >= 0.6 is 15.9 Å². The van der Waals surface area contributed by atoms with Crippen LogP contribution in [0.25, 0.3) is 0 Å². The fourth-order valence-corrected chi connectivity index (χ4v) is 4.08. The van der Waals surface area contributed by atoms with E-state index in [1.807, 2.05) is 18.2 Å². The minimum atomic E-state index is -0.0887. The van der Waals surface area contributed by atoms with E-state index in [4.69, 9.17) is 4.74 Å². The molecule has 2 aliphatic rings. The van der Waals surface area contributed by atoms with Crippen molar-refractivity contribution in [3.63, 3.8) is 0 Å². The lowest BCUT2D eigenvalue weighted by atomic mass is 10.00. The van der Waals surface area contributed by atoms with Crippen LogP contribution in [-0.2, 0) is 16.1 Å². The summed E-state index contributed by atoms with van der Waals surface area (Å²) in [5.74, 6) is 1.04. The number of nitrogens with zero attached hydrogens (tertiary/aromatic N) is 1. The maximum Gasteiger partial charge on any atom is 0.233 e. The number of fused-ring (bicyclic) bond motifs is 1. The van der Waals surface area contributed by atoms with Crippen molar-refractivity contribution in [1.82, 2.24) is 4.90 Å². The number of hydrogen-bond donors (Lipinski definition) is 0. The van der Waals surface area contributed by atoms with Crippen LogP contribution in [0.1, 0.15) is 25.3 Å².